The normalized spacial score (nSPS) is 50.1. The van der Waals surface area contributed by atoms with Gasteiger partial charge < -0.3 is 113 Å². The Labute approximate surface area is 523 Å². The Balaban J connectivity index is 0.916. The van der Waals surface area contributed by atoms with Crippen molar-refractivity contribution in [3.8, 4) is 0 Å². The van der Waals surface area contributed by atoms with E-state index in [4.69, 9.17) is 65.8 Å². The highest BCUT2D eigenvalue weighted by Crippen LogP contribution is 2.77. The number of carbonyl (C=O) groups is 2. The molecule has 90 heavy (non-hydrogen) atoms. The number of aliphatic hydroxyl groups is 10. The lowest BCUT2D eigenvalue weighted by Crippen LogP contribution is -2.67. The van der Waals surface area contributed by atoms with Crippen LogP contribution in [0.2, 0.25) is 0 Å². The Kier molecular flexibility index (Phi) is 20.7. The molecule has 6 aliphatic heterocycles. The molecule has 4 aliphatic carbocycles. The molecule has 31 unspecified atom stereocenters. The molecule has 9 fully saturated rings. The molecule has 0 amide bonds. The average molecular weight is 1310 g/mol. The zero-order valence-corrected chi connectivity index (χ0v) is 53.2. The molecular formula is C60H94O29S. The Hall–Kier alpha value is -2.55. The molecule has 1 spiro atoms. The first-order chi connectivity index (χ1) is 42.2. The summed E-state index contributed by atoms with van der Waals surface area (Å²) in [5.74, 6) is -1.17. The van der Waals surface area contributed by atoms with Crippen molar-refractivity contribution in [1.29, 1.82) is 0 Å². The molecule has 30 heteroatoms. The fourth-order valence-electron chi connectivity index (χ4n) is 17.5. The molecule has 6 heterocycles. The van der Waals surface area contributed by atoms with Crippen molar-refractivity contribution < 1.29 is 139 Å². The molecule has 6 saturated heterocycles. The lowest BCUT2D eigenvalue weighted by atomic mass is 9.41. The van der Waals surface area contributed by atoms with Gasteiger partial charge in [-0.3, -0.25) is 14.1 Å². The molecule has 0 aromatic heterocycles. The van der Waals surface area contributed by atoms with Crippen LogP contribution in [0.15, 0.2) is 23.3 Å². The van der Waals surface area contributed by atoms with Crippen LogP contribution >= 0.6 is 0 Å². The van der Waals surface area contributed by atoms with E-state index in [0.29, 0.717) is 51.4 Å². The van der Waals surface area contributed by atoms with E-state index >= 15 is 0 Å². The molecule has 31 atom stereocenters. The van der Waals surface area contributed by atoms with Gasteiger partial charge in [-0.1, -0.05) is 51.0 Å². The van der Waals surface area contributed by atoms with Crippen molar-refractivity contribution in [1.82, 2.24) is 0 Å². The topological polar surface area (TPSA) is 420 Å². The molecule has 0 aromatic rings. The molecule has 0 aromatic carbocycles. The summed E-state index contributed by atoms with van der Waals surface area (Å²) in [6.07, 6.45) is -30.6. The van der Waals surface area contributed by atoms with Crippen LogP contribution in [0, 0.1) is 39.4 Å². The Bertz CT molecular complexity index is 2730. The first kappa shape index (κ1) is 70.3. The van der Waals surface area contributed by atoms with Crippen LogP contribution in [0.4, 0.5) is 0 Å². The van der Waals surface area contributed by atoms with Crippen molar-refractivity contribution >= 4 is 22.3 Å². The third-order valence-corrected chi connectivity index (χ3v) is 22.4. The number of fused-ring (bicyclic) bond motifs is 4. The minimum Gasteiger partial charge on any atom is -0.462 e. The number of allylic oxidation sites excluding steroid dienone is 4. The van der Waals surface area contributed by atoms with Gasteiger partial charge in [0, 0.05) is 19.4 Å². The number of rotatable bonds is 18. The van der Waals surface area contributed by atoms with E-state index in [0.717, 1.165) is 11.1 Å². The first-order valence-corrected chi connectivity index (χ1v) is 32.6. The van der Waals surface area contributed by atoms with Crippen molar-refractivity contribution in [2.24, 2.45) is 39.4 Å². The average Bonchev–Trinajstić information content (AvgIpc) is 1.52. The highest BCUT2D eigenvalue weighted by Gasteiger charge is 2.79. The van der Waals surface area contributed by atoms with E-state index in [1.54, 1.807) is 0 Å². The minimum absolute atomic E-state index is 0.00962. The fraction of sp³-hybridized carbons (Fsp3) is 0.900. The van der Waals surface area contributed by atoms with Gasteiger partial charge in [0.05, 0.1) is 50.0 Å². The predicted molar refractivity (Wildman–Crippen MR) is 302 cm³/mol. The summed E-state index contributed by atoms with van der Waals surface area (Å²) in [7, 11) is -4.04. The Morgan fingerprint density at radius 1 is 0.689 bits per heavy atom. The molecule has 10 aliphatic rings. The smallest absolute Gasteiger partial charge is 0.397 e. The second kappa shape index (κ2) is 26.5. The quantitative estimate of drug-likeness (QED) is 0.0449. The monoisotopic (exact) mass is 1310 g/mol. The number of cyclic esters (lactones) is 1. The van der Waals surface area contributed by atoms with Gasteiger partial charge in [-0.2, -0.15) is 8.42 Å². The summed E-state index contributed by atoms with van der Waals surface area (Å²) >= 11 is 0. The highest BCUT2D eigenvalue weighted by atomic mass is 32.3. The molecule has 11 N–H and O–H groups in total. The van der Waals surface area contributed by atoms with Crippen molar-refractivity contribution in [3.05, 3.63) is 23.3 Å². The Morgan fingerprint density at radius 2 is 1.31 bits per heavy atom. The summed E-state index contributed by atoms with van der Waals surface area (Å²) in [4.78, 5) is 27.6. The number of methoxy groups -OCH3 is 1. The highest BCUT2D eigenvalue weighted by molar-refractivity contribution is 7.80. The number of hydrogen-bond donors (Lipinski definition) is 11. The predicted octanol–water partition coefficient (Wildman–Crippen LogP) is -0.917. The zero-order valence-electron chi connectivity index (χ0n) is 52.4. The van der Waals surface area contributed by atoms with Crippen LogP contribution in [0.1, 0.15) is 114 Å². The zero-order chi connectivity index (χ0) is 65.7. The van der Waals surface area contributed by atoms with E-state index in [2.05, 4.69) is 39.8 Å². The van der Waals surface area contributed by atoms with Gasteiger partial charge in [-0.25, -0.2) is 4.18 Å². The maximum Gasteiger partial charge on any atom is 0.397 e. The van der Waals surface area contributed by atoms with Gasteiger partial charge in [0.1, 0.15) is 109 Å². The van der Waals surface area contributed by atoms with Crippen LogP contribution < -0.4 is 0 Å². The molecule has 0 radical (unpaired) electrons. The summed E-state index contributed by atoms with van der Waals surface area (Å²) in [6.45, 7) is 14.8. The molecule has 29 nitrogen and oxygen atoms in total. The van der Waals surface area contributed by atoms with Crippen LogP contribution in [-0.2, 0) is 85.8 Å². The third kappa shape index (κ3) is 12.5. The number of carbonyl (C=O) groups excluding carboxylic acids is 2. The van der Waals surface area contributed by atoms with Crippen molar-refractivity contribution in [2.45, 2.75) is 267 Å². The lowest BCUT2D eigenvalue weighted by Gasteiger charge is -2.64. The standard InChI is InChI=1S/C60H94O29S/c1-25(2)12-11-17-59(9)49-32(81-27(4)62)20-58(8)29-13-14-35-56(5,6)36(16-18-57(35,7)28(29)15-19-60(49,58)55(72)88-59)83-53-47(39(67)34(24-79-53)89-90(73,74)75)87-54-48(86-50-40(68)37(65)30(63)22-77-50)41(69)44(26(3)80-54)84-52-43(71)46(38(66)33(21-61)82-52)85-51-42(70)45(76-10)31(64)23-78-51/h12-13,26,28,30-54,61,63-71H,11,14-24H2,1-10H3,(H,73,74,75). The van der Waals surface area contributed by atoms with Crippen LogP contribution in [0.3, 0.4) is 0 Å². The molecule has 0 bridgehead atoms. The van der Waals surface area contributed by atoms with E-state index in [9.17, 15) is 73.6 Å². The molecule has 514 valence electrons. The van der Waals surface area contributed by atoms with E-state index < -0.39 is 205 Å². The van der Waals surface area contributed by atoms with Gasteiger partial charge in [0.15, 0.2) is 31.5 Å². The van der Waals surface area contributed by atoms with E-state index in [-0.39, 0.29) is 35.7 Å². The lowest BCUT2D eigenvalue weighted by molar-refractivity contribution is -0.402. The molecular weight excluding hydrogens is 1220 g/mol. The number of esters is 2. The maximum absolute atomic E-state index is 14.8. The Morgan fingerprint density at radius 3 is 1.97 bits per heavy atom. The SMILES string of the molecule is COC1C(O)COC(OC2C(O)C(CO)OC(OC3C(C)OC(OC4C(OC5CCC6(C)C7CCC89C(=O)OC(C)(CCC=C(C)C)C8C(OC(C)=O)CC9(C)C7=CCC6C5(C)C)OCC(OS(=O)(=O)O)C4O)C(OC4OCC(O)C(O)C4O)C3O)C2O)C1O. The third-order valence-electron chi connectivity index (χ3n) is 21.9. The fourth-order valence-corrected chi connectivity index (χ4v) is 18.0. The number of ether oxygens (including phenoxy) is 13. The van der Waals surface area contributed by atoms with Crippen LogP contribution in [-0.4, -0.2) is 263 Å². The summed E-state index contributed by atoms with van der Waals surface area (Å²) in [5.41, 5.74) is -1.34. The molecule has 3 saturated carbocycles. The van der Waals surface area contributed by atoms with E-state index in [1.807, 2.05) is 20.8 Å². The minimum atomic E-state index is -5.27. The van der Waals surface area contributed by atoms with Gasteiger partial charge in [-0.15, -0.1) is 0 Å². The first-order valence-electron chi connectivity index (χ1n) is 31.3. The van der Waals surface area contributed by atoms with Crippen LogP contribution in [0.25, 0.3) is 0 Å². The summed E-state index contributed by atoms with van der Waals surface area (Å²) in [6, 6.07) is 0. The van der Waals surface area contributed by atoms with Crippen molar-refractivity contribution in [2.75, 3.05) is 33.5 Å². The van der Waals surface area contributed by atoms with Crippen molar-refractivity contribution in [3.63, 3.8) is 0 Å². The van der Waals surface area contributed by atoms with Gasteiger partial charge in [0.2, 0.25) is 0 Å². The summed E-state index contributed by atoms with van der Waals surface area (Å²) < 4.78 is 118. The second-order valence-electron chi connectivity index (χ2n) is 28.0. The van der Waals surface area contributed by atoms with E-state index in [1.165, 1.54) is 21.0 Å². The summed E-state index contributed by atoms with van der Waals surface area (Å²) in [5, 5.41) is 111. The largest absolute Gasteiger partial charge is 0.462 e. The van der Waals surface area contributed by atoms with Gasteiger partial charge in [-0.05, 0) is 102 Å². The van der Waals surface area contributed by atoms with Crippen LogP contribution in [0.5, 0.6) is 0 Å². The number of aliphatic hydroxyl groups excluding tert-OH is 10. The molecule has 10 rings (SSSR count). The second-order valence-corrected chi connectivity index (χ2v) is 29.0. The maximum atomic E-state index is 14.8. The number of hydrogen-bond acceptors (Lipinski definition) is 28. The van der Waals surface area contributed by atoms with Gasteiger partial charge in [0.25, 0.3) is 0 Å². The van der Waals surface area contributed by atoms with Gasteiger partial charge >= 0.3 is 22.3 Å².